The predicted octanol–water partition coefficient (Wildman–Crippen LogP) is 3.04. The largest absolute Gasteiger partial charge is 0.507 e. The summed E-state index contributed by atoms with van der Waals surface area (Å²) < 4.78 is 0.697. The molecule has 0 spiro atoms. The first-order chi connectivity index (χ1) is 8.58. The van der Waals surface area contributed by atoms with Crippen LogP contribution in [-0.2, 0) is 6.54 Å². The van der Waals surface area contributed by atoms with Gasteiger partial charge in [-0.2, -0.15) is 0 Å². The predicted molar refractivity (Wildman–Crippen MR) is 77.6 cm³/mol. The minimum Gasteiger partial charge on any atom is -0.507 e. The molecule has 4 heteroatoms. The van der Waals surface area contributed by atoms with Crippen LogP contribution in [0.3, 0.4) is 0 Å². The molecule has 0 aliphatic rings. The van der Waals surface area contributed by atoms with Gasteiger partial charge in [0.15, 0.2) is 0 Å². The van der Waals surface area contributed by atoms with Crippen molar-refractivity contribution in [2.24, 2.45) is 5.92 Å². The van der Waals surface area contributed by atoms with E-state index in [0.717, 1.165) is 18.4 Å². The normalized spacial score (nSPS) is 12.9. The molecular weight excluding hydrogens is 294 g/mol. The van der Waals surface area contributed by atoms with Crippen molar-refractivity contribution in [3.8, 4) is 5.75 Å². The molecule has 0 saturated heterocycles. The van der Waals surface area contributed by atoms with E-state index in [-0.39, 0.29) is 11.9 Å². The molecule has 0 radical (unpaired) electrons. The van der Waals surface area contributed by atoms with Gasteiger partial charge in [-0.1, -0.05) is 32.8 Å². The maximum absolute atomic E-state index is 9.97. The van der Waals surface area contributed by atoms with Gasteiger partial charge in [0.1, 0.15) is 5.75 Å². The van der Waals surface area contributed by atoms with E-state index >= 15 is 0 Å². The summed E-state index contributed by atoms with van der Waals surface area (Å²) in [4.78, 5) is 0. The molecule has 1 unspecified atom stereocenters. The molecule has 0 aliphatic heterocycles. The summed E-state index contributed by atoms with van der Waals surface area (Å²) in [5.41, 5.74) is 1.08. The maximum Gasteiger partial charge on any atom is 0.129 e. The Balaban J connectivity index is 2.39. The molecule has 1 atom stereocenters. The maximum atomic E-state index is 9.97. The van der Waals surface area contributed by atoms with Crippen molar-refractivity contribution in [2.75, 3.05) is 6.54 Å². The third kappa shape index (κ3) is 4.59. The summed E-state index contributed by atoms with van der Waals surface area (Å²) in [6.07, 6.45) is 1.72. The Morgan fingerprint density at radius 2 is 1.94 bits per heavy atom. The summed E-state index contributed by atoms with van der Waals surface area (Å²) >= 11 is 3.29. The molecule has 0 bridgehead atoms. The van der Waals surface area contributed by atoms with E-state index in [4.69, 9.17) is 0 Å². The Kier molecular flexibility index (Phi) is 6.68. The highest BCUT2D eigenvalue weighted by Crippen LogP contribution is 2.24. The minimum atomic E-state index is -0.291. The molecule has 0 aliphatic carbocycles. The lowest BCUT2D eigenvalue weighted by atomic mass is 9.96. The number of aliphatic hydroxyl groups excluding tert-OH is 1. The van der Waals surface area contributed by atoms with Gasteiger partial charge in [0.05, 0.1) is 10.6 Å². The fourth-order valence-electron chi connectivity index (χ4n) is 2.02. The zero-order valence-electron chi connectivity index (χ0n) is 11.0. The van der Waals surface area contributed by atoms with Crippen molar-refractivity contribution >= 4 is 15.9 Å². The van der Waals surface area contributed by atoms with Crippen LogP contribution in [0, 0.1) is 5.92 Å². The SMILES string of the molecule is CCC(CC)C(O)CNCc1ccc(O)c(Br)c1. The first kappa shape index (κ1) is 15.5. The van der Waals surface area contributed by atoms with Gasteiger partial charge in [0.25, 0.3) is 0 Å². The lowest BCUT2D eigenvalue weighted by molar-refractivity contribution is 0.101. The van der Waals surface area contributed by atoms with Crippen molar-refractivity contribution in [2.45, 2.75) is 39.3 Å². The van der Waals surface area contributed by atoms with Crippen molar-refractivity contribution in [1.82, 2.24) is 5.32 Å². The van der Waals surface area contributed by atoms with Crippen LogP contribution in [0.4, 0.5) is 0 Å². The summed E-state index contributed by atoms with van der Waals surface area (Å²) in [6, 6.07) is 5.42. The Morgan fingerprint density at radius 1 is 1.28 bits per heavy atom. The van der Waals surface area contributed by atoms with E-state index in [0.29, 0.717) is 23.5 Å². The summed E-state index contributed by atoms with van der Waals surface area (Å²) in [5.74, 6) is 0.611. The van der Waals surface area contributed by atoms with Gasteiger partial charge in [-0.15, -0.1) is 0 Å². The lowest BCUT2D eigenvalue weighted by Gasteiger charge is -2.20. The molecule has 1 aromatic carbocycles. The molecule has 1 aromatic rings. The number of hydrogen-bond acceptors (Lipinski definition) is 3. The quantitative estimate of drug-likeness (QED) is 0.725. The number of aromatic hydroxyl groups is 1. The second kappa shape index (κ2) is 7.77. The van der Waals surface area contributed by atoms with E-state index in [1.165, 1.54) is 0 Å². The van der Waals surface area contributed by atoms with E-state index in [9.17, 15) is 10.2 Å². The molecule has 3 nitrogen and oxygen atoms in total. The molecule has 0 fully saturated rings. The zero-order chi connectivity index (χ0) is 13.5. The lowest BCUT2D eigenvalue weighted by Crippen LogP contribution is -2.32. The van der Waals surface area contributed by atoms with E-state index in [1.54, 1.807) is 6.07 Å². The van der Waals surface area contributed by atoms with Gasteiger partial charge in [-0.05, 0) is 39.5 Å². The highest BCUT2D eigenvalue weighted by Gasteiger charge is 2.14. The van der Waals surface area contributed by atoms with E-state index in [1.807, 2.05) is 12.1 Å². The minimum absolute atomic E-state index is 0.246. The standard InChI is InChI=1S/C14H22BrNO2/c1-3-11(4-2)14(18)9-16-8-10-5-6-13(17)12(15)7-10/h5-7,11,14,16-18H,3-4,8-9H2,1-2H3. The number of hydrogen-bond donors (Lipinski definition) is 3. The first-order valence-corrected chi connectivity index (χ1v) is 7.23. The Bertz CT molecular complexity index is 367. The molecule has 1 rings (SSSR count). The van der Waals surface area contributed by atoms with Crippen LogP contribution in [0.25, 0.3) is 0 Å². The van der Waals surface area contributed by atoms with Gasteiger partial charge in [0, 0.05) is 13.1 Å². The second-order valence-corrected chi connectivity index (χ2v) is 5.41. The molecule has 0 amide bonds. The van der Waals surface area contributed by atoms with Crippen LogP contribution in [0.15, 0.2) is 22.7 Å². The summed E-state index contributed by atoms with van der Waals surface area (Å²) in [5, 5.41) is 22.6. The molecule has 0 aromatic heterocycles. The topological polar surface area (TPSA) is 52.5 Å². The molecule has 18 heavy (non-hydrogen) atoms. The fraction of sp³-hybridized carbons (Fsp3) is 0.571. The number of nitrogens with one attached hydrogen (secondary N) is 1. The van der Waals surface area contributed by atoms with Crippen molar-refractivity contribution in [1.29, 1.82) is 0 Å². The molecule has 0 saturated carbocycles. The fourth-order valence-corrected chi connectivity index (χ4v) is 2.45. The van der Waals surface area contributed by atoms with Gasteiger partial charge < -0.3 is 15.5 Å². The van der Waals surface area contributed by atoms with Gasteiger partial charge in [-0.25, -0.2) is 0 Å². The van der Waals surface area contributed by atoms with Crippen LogP contribution < -0.4 is 5.32 Å². The Hall–Kier alpha value is -0.580. The molecule has 3 N–H and O–H groups in total. The second-order valence-electron chi connectivity index (χ2n) is 4.56. The number of halogens is 1. The third-order valence-electron chi connectivity index (χ3n) is 3.29. The smallest absolute Gasteiger partial charge is 0.129 e. The van der Waals surface area contributed by atoms with Gasteiger partial charge in [0.2, 0.25) is 0 Å². The van der Waals surface area contributed by atoms with Gasteiger partial charge >= 0.3 is 0 Å². The average Bonchev–Trinajstić information content (AvgIpc) is 2.35. The third-order valence-corrected chi connectivity index (χ3v) is 3.92. The van der Waals surface area contributed by atoms with Crippen molar-refractivity contribution in [3.05, 3.63) is 28.2 Å². The zero-order valence-corrected chi connectivity index (χ0v) is 12.6. The van der Waals surface area contributed by atoms with E-state index in [2.05, 4.69) is 35.1 Å². The number of rotatable bonds is 7. The van der Waals surface area contributed by atoms with Crippen LogP contribution in [-0.4, -0.2) is 22.9 Å². The van der Waals surface area contributed by atoms with Crippen LogP contribution in [0.1, 0.15) is 32.3 Å². The van der Waals surface area contributed by atoms with Crippen molar-refractivity contribution < 1.29 is 10.2 Å². The highest BCUT2D eigenvalue weighted by molar-refractivity contribution is 9.10. The van der Waals surface area contributed by atoms with Crippen molar-refractivity contribution in [3.63, 3.8) is 0 Å². The van der Waals surface area contributed by atoms with Crippen LogP contribution in [0.2, 0.25) is 0 Å². The molecular formula is C14H22BrNO2. The van der Waals surface area contributed by atoms with Crippen LogP contribution in [0.5, 0.6) is 5.75 Å². The van der Waals surface area contributed by atoms with E-state index < -0.39 is 0 Å². The number of benzene rings is 1. The number of phenols is 1. The number of aliphatic hydroxyl groups is 1. The monoisotopic (exact) mass is 315 g/mol. The molecule has 0 heterocycles. The summed E-state index contributed by atoms with van der Waals surface area (Å²) in [7, 11) is 0. The highest BCUT2D eigenvalue weighted by atomic mass is 79.9. The van der Waals surface area contributed by atoms with Gasteiger partial charge in [-0.3, -0.25) is 0 Å². The average molecular weight is 316 g/mol. The first-order valence-electron chi connectivity index (χ1n) is 6.44. The Morgan fingerprint density at radius 3 is 2.50 bits per heavy atom. The van der Waals surface area contributed by atoms with Crippen LogP contribution >= 0.6 is 15.9 Å². The number of phenolic OH excluding ortho intramolecular Hbond substituents is 1. The molecule has 102 valence electrons. The summed E-state index contributed by atoms with van der Waals surface area (Å²) in [6.45, 7) is 5.50. The Labute approximate surface area is 117 Å².